The van der Waals surface area contributed by atoms with Crippen LogP contribution in [-0.2, 0) is 0 Å². The van der Waals surface area contributed by atoms with E-state index in [0.29, 0.717) is 27.8 Å². The van der Waals surface area contributed by atoms with E-state index in [0.717, 1.165) is 4.47 Å². The van der Waals surface area contributed by atoms with Gasteiger partial charge in [-0.1, -0.05) is 0 Å². The minimum atomic E-state index is 0.156. The summed E-state index contributed by atoms with van der Waals surface area (Å²) in [5.41, 5.74) is 0.391. The zero-order valence-corrected chi connectivity index (χ0v) is 12.9. The highest BCUT2D eigenvalue weighted by Gasteiger charge is 2.10. The summed E-state index contributed by atoms with van der Waals surface area (Å²) < 4.78 is 12.1. The van der Waals surface area contributed by atoms with Crippen LogP contribution in [0.3, 0.4) is 0 Å². The Kier molecular flexibility index (Phi) is 4.49. The Morgan fingerprint density at radius 2 is 1.68 bits per heavy atom. The highest BCUT2D eigenvalue weighted by molar-refractivity contribution is 9.11. The quantitative estimate of drug-likeness (QED) is 0.750. The van der Waals surface area contributed by atoms with Crippen LogP contribution in [0.4, 0.5) is 0 Å². The normalized spacial score (nSPS) is 10.1. The molecule has 1 heterocycles. The van der Waals surface area contributed by atoms with E-state index in [2.05, 4.69) is 41.8 Å². The van der Waals surface area contributed by atoms with Crippen LogP contribution in [0, 0.1) is 0 Å². The molecule has 7 heteroatoms. The van der Waals surface area contributed by atoms with E-state index < -0.39 is 0 Å². The number of hydrogen-bond donors (Lipinski definition) is 0. The third-order valence-corrected chi connectivity index (χ3v) is 3.43. The zero-order chi connectivity index (χ0) is 13.8. The summed E-state index contributed by atoms with van der Waals surface area (Å²) in [6, 6.07) is 3.66. The number of aldehydes is 1. The van der Waals surface area contributed by atoms with Crippen molar-refractivity contribution in [2.75, 3.05) is 7.11 Å². The lowest BCUT2D eigenvalue weighted by atomic mass is 10.3. The third-order valence-electron chi connectivity index (χ3n) is 2.19. The first kappa shape index (κ1) is 14.0. The molecule has 5 nitrogen and oxygen atoms in total. The molecule has 0 saturated carbocycles. The lowest BCUT2D eigenvalue weighted by Gasteiger charge is -2.09. The predicted octanol–water partition coefficient (Wildman–Crippen LogP) is 3.62. The highest BCUT2D eigenvalue weighted by Crippen LogP contribution is 2.37. The number of carbonyl (C=O) groups is 1. The number of benzene rings is 1. The summed E-state index contributed by atoms with van der Waals surface area (Å²) >= 11 is 6.73. The molecule has 2 rings (SSSR count). The van der Waals surface area contributed by atoms with E-state index in [1.54, 1.807) is 19.2 Å². The Balaban J connectivity index is 2.27. The molecular weight excluding hydrogens is 380 g/mol. The van der Waals surface area contributed by atoms with Crippen LogP contribution in [0.15, 0.2) is 33.5 Å². The number of aromatic nitrogens is 2. The molecule has 0 spiro atoms. The summed E-state index contributed by atoms with van der Waals surface area (Å²) in [6.45, 7) is 0. The molecule has 0 N–H and O–H groups in total. The van der Waals surface area contributed by atoms with Crippen molar-refractivity contribution in [2.45, 2.75) is 0 Å². The lowest BCUT2D eigenvalue weighted by molar-refractivity contribution is 0.112. The number of carbonyl (C=O) groups excluding carboxylic acids is 1. The molecule has 0 aliphatic carbocycles. The van der Waals surface area contributed by atoms with Gasteiger partial charge in [-0.15, -0.1) is 0 Å². The van der Waals surface area contributed by atoms with Gasteiger partial charge in [-0.25, -0.2) is 9.97 Å². The molecule has 0 fully saturated rings. The third kappa shape index (κ3) is 3.30. The van der Waals surface area contributed by atoms with Gasteiger partial charge in [0.25, 0.3) is 0 Å². The van der Waals surface area contributed by atoms with Crippen LogP contribution in [0.1, 0.15) is 10.4 Å². The van der Waals surface area contributed by atoms with Gasteiger partial charge < -0.3 is 9.47 Å². The van der Waals surface area contributed by atoms with Crippen molar-refractivity contribution in [3.63, 3.8) is 0 Å². The van der Waals surface area contributed by atoms with Gasteiger partial charge >= 0.3 is 6.01 Å². The Morgan fingerprint density at radius 1 is 1.11 bits per heavy atom. The number of hydrogen-bond acceptors (Lipinski definition) is 5. The second kappa shape index (κ2) is 6.12. The molecule has 1 aromatic carbocycles. The molecule has 0 aliphatic heterocycles. The summed E-state index contributed by atoms with van der Waals surface area (Å²) in [5, 5.41) is 0. The van der Waals surface area contributed by atoms with Crippen LogP contribution >= 0.6 is 31.9 Å². The first-order valence-corrected chi connectivity index (χ1v) is 6.70. The monoisotopic (exact) mass is 386 g/mol. The highest BCUT2D eigenvalue weighted by atomic mass is 79.9. The van der Waals surface area contributed by atoms with Crippen LogP contribution < -0.4 is 9.47 Å². The zero-order valence-electron chi connectivity index (χ0n) is 9.76. The van der Waals surface area contributed by atoms with Crippen molar-refractivity contribution < 1.29 is 14.3 Å². The molecule has 1 aromatic heterocycles. The molecule has 0 unspecified atom stereocenters. The van der Waals surface area contributed by atoms with E-state index >= 15 is 0 Å². The maximum atomic E-state index is 10.5. The second-order valence-corrected chi connectivity index (χ2v) is 5.14. The molecule has 19 heavy (non-hydrogen) atoms. The minimum absolute atomic E-state index is 0.156. The number of halogens is 2. The van der Waals surface area contributed by atoms with Gasteiger partial charge in [0.2, 0.25) is 0 Å². The molecule has 0 amide bonds. The van der Waals surface area contributed by atoms with Gasteiger partial charge in [-0.2, -0.15) is 0 Å². The fourth-order valence-electron chi connectivity index (χ4n) is 1.28. The largest absolute Gasteiger partial charge is 0.496 e. The van der Waals surface area contributed by atoms with E-state index in [1.165, 1.54) is 12.4 Å². The summed E-state index contributed by atoms with van der Waals surface area (Å²) in [5.74, 6) is 1.21. The number of methoxy groups -OCH3 is 1. The lowest BCUT2D eigenvalue weighted by Crippen LogP contribution is -1.94. The maximum Gasteiger partial charge on any atom is 0.321 e. The van der Waals surface area contributed by atoms with E-state index in [-0.39, 0.29) is 6.01 Å². The van der Waals surface area contributed by atoms with Crippen molar-refractivity contribution in [3.05, 3.63) is 39.0 Å². The van der Waals surface area contributed by atoms with Crippen LogP contribution in [-0.4, -0.2) is 23.4 Å². The van der Waals surface area contributed by atoms with Crippen molar-refractivity contribution in [2.24, 2.45) is 0 Å². The first-order chi connectivity index (χ1) is 9.13. The van der Waals surface area contributed by atoms with Gasteiger partial charge in [0.1, 0.15) is 11.5 Å². The Labute approximate surface area is 126 Å². The van der Waals surface area contributed by atoms with E-state index in [4.69, 9.17) is 9.47 Å². The minimum Gasteiger partial charge on any atom is -0.496 e. The van der Waals surface area contributed by atoms with E-state index in [9.17, 15) is 4.79 Å². The topological polar surface area (TPSA) is 61.3 Å². The molecule has 0 aliphatic rings. The van der Waals surface area contributed by atoms with Crippen LogP contribution in [0.5, 0.6) is 17.5 Å². The predicted molar refractivity (Wildman–Crippen MR) is 75.9 cm³/mol. The molecule has 0 radical (unpaired) electrons. The maximum absolute atomic E-state index is 10.5. The van der Waals surface area contributed by atoms with Gasteiger partial charge in [-0.3, -0.25) is 4.79 Å². The SMILES string of the molecule is COc1cc(Br)c(Oc2ncc(C=O)cn2)cc1Br. The molecule has 0 bridgehead atoms. The van der Waals surface area contributed by atoms with Gasteiger partial charge in [0, 0.05) is 18.5 Å². The molecule has 0 saturated heterocycles. The van der Waals surface area contributed by atoms with Crippen molar-refractivity contribution in [1.82, 2.24) is 9.97 Å². The fourth-order valence-corrected chi connectivity index (χ4v) is 2.17. The molecule has 2 aromatic rings. The summed E-state index contributed by atoms with van der Waals surface area (Å²) in [7, 11) is 1.58. The first-order valence-electron chi connectivity index (χ1n) is 5.12. The number of ether oxygens (including phenoxy) is 2. The average molecular weight is 388 g/mol. The molecular formula is C12H8Br2N2O3. The van der Waals surface area contributed by atoms with Gasteiger partial charge in [-0.05, 0) is 37.9 Å². The van der Waals surface area contributed by atoms with Crippen molar-refractivity contribution in [3.8, 4) is 17.5 Å². The van der Waals surface area contributed by atoms with Crippen molar-refractivity contribution >= 4 is 38.1 Å². The summed E-state index contributed by atoms with van der Waals surface area (Å²) in [6.07, 6.45) is 3.45. The number of rotatable bonds is 4. The second-order valence-electron chi connectivity index (χ2n) is 3.44. The number of nitrogens with zero attached hydrogens (tertiary/aromatic N) is 2. The Morgan fingerprint density at radius 3 is 2.26 bits per heavy atom. The Bertz CT molecular complexity index is 603. The average Bonchev–Trinajstić information content (AvgIpc) is 2.43. The standard InChI is InChI=1S/C12H8Br2N2O3/c1-18-10-2-9(14)11(3-8(10)13)19-12-15-4-7(6-17)5-16-12/h2-6H,1H3. The summed E-state index contributed by atoms with van der Waals surface area (Å²) in [4.78, 5) is 18.3. The van der Waals surface area contributed by atoms with Gasteiger partial charge in [0.15, 0.2) is 6.29 Å². The van der Waals surface area contributed by atoms with Gasteiger partial charge in [0.05, 0.1) is 21.6 Å². The molecule has 0 atom stereocenters. The molecule has 98 valence electrons. The fraction of sp³-hybridized carbons (Fsp3) is 0.0833. The van der Waals surface area contributed by atoms with Crippen LogP contribution in [0.2, 0.25) is 0 Å². The Hall–Kier alpha value is -1.47. The smallest absolute Gasteiger partial charge is 0.321 e. The van der Waals surface area contributed by atoms with Crippen LogP contribution in [0.25, 0.3) is 0 Å². The van der Waals surface area contributed by atoms with Crippen molar-refractivity contribution in [1.29, 1.82) is 0 Å². The van der Waals surface area contributed by atoms with E-state index in [1.807, 2.05) is 0 Å².